The van der Waals surface area contributed by atoms with E-state index in [-0.39, 0.29) is 4.83 Å². The normalized spacial score (nSPS) is 14.6. The molecule has 21 heavy (non-hydrogen) atoms. The molecule has 1 unspecified atom stereocenters. The number of ether oxygens (including phenoxy) is 3. The van der Waals surface area contributed by atoms with Gasteiger partial charge in [-0.2, -0.15) is 0 Å². The third kappa shape index (κ3) is 2.78. The summed E-state index contributed by atoms with van der Waals surface area (Å²) < 4.78 is 16.3. The average Bonchev–Trinajstić information content (AvgIpc) is 3.01. The second kappa shape index (κ2) is 6.08. The smallest absolute Gasteiger partial charge is 0.123 e. The molecule has 0 saturated carbocycles. The van der Waals surface area contributed by atoms with Gasteiger partial charge in [0.05, 0.1) is 32.3 Å². The molecule has 3 rings (SSSR count). The number of halogens is 1. The summed E-state index contributed by atoms with van der Waals surface area (Å²) in [6.07, 6.45) is 0. The van der Waals surface area contributed by atoms with Crippen LogP contribution in [0.2, 0.25) is 0 Å². The zero-order valence-electron chi connectivity index (χ0n) is 12.1. The molecule has 1 heterocycles. The number of fused-ring (bicyclic) bond motifs is 1. The Bertz CT molecular complexity index is 654. The van der Waals surface area contributed by atoms with Crippen LogP contribution in [-0.4, -0.2) is 14.2 Å². The van der Waals surface area contributed by atoms with Crippen molar-refractivity contribution in [2.24, 2.45) is 0 Å². The monoisotopic (exact) mass is 348 g/mol. The minimum absolute atomic E-state index is 0.0495. The minimum atomic E-state index is 0.0495. The van der Waals surface area contributed by atoms with Gasteiger partial charge in [0.1, 0.15) is 11.5 Å². The highest BCUT2D eigenvalue weighted by atomic mass is 79.9. The third-order valence-electron chi connectivity index (χ3n) is 3.75. The van der Waals surface area contributed by atoms with E-state index in [9.17, 15) is 0 Å². The van der Waals surface area contributed by atoms with Gasteiger partial charge < -0.3 is 14.2 Å². The zero-order valence-corrected chi connectivity index (χ0v) is 13.6. The first kappa shape index (κ1) is 14.4. The summed E-state index contributed by atoms with van der Waals surface area (Å²) in [5, 5.41) is 0. The summed E-state index contributed by atoms with van der Waals surface area (Å²) in [5.41, 5.74) is 4.77. The zero-order chi connectivity index (χ0) is 14.8. The van der Waals surface area contributed by atoms with Gasteiger partial charge in [-0.3, -0.25) is 0 Å². The van der Waals surface area contributed by atoms with Crippen molar-refractivity contribution in [2.75, 3.05) is 14.2 Å². The molecule has 1 aliphatic heterocycles. The van der Waals surface area contributed by atoms with Crippen molar-refractivity contribution in [1.82, 2.24) is 0 Å². The molecule has 3 nitrogen and oxygen atoms in total. The molecule has 1 aliphatic rings. The Balaban J connectivity index is 1.99. The molecule has 0 aromatic heterocycles. The summed E-state index contributed by atoms with van der Waals surface area (Å²) >= 11 is 3.78. The molecule has 0 amide bonds. The fourth-order valence-electron chi connectivity index (χ4n) is 2.57. The van der Waals surface area contributed by atoms with Gasteiger partial charge in [0.2, 0.25) is 0 Å². The van der Waals surface area contributed by atoms with Gasteiger partial charge in [-0.25, -0.2) is 0 Å². The minimum Gasteiger partial charge on any atom is -0.497 e. The highest BCUT2D eigenvalue weighted by Crippen LogP contribution is 2.39. The van der Waals surface area contributed by atoms with Crippen molar-refractivity contribution in [3.8, 4) is 11.5 Å². The lowest BCUT2D eigenvalue weighted by Gasteiger charge is -2.16. The predicted molar refractivity (Wildman–Crippen MR) is 85.3 cm³/mol. The maximum absolute atomic E-state index is 5.48. The Kier molecular flexibility index (Phi) is 4.17. The molecule has 0 spiro atoms. The molecular formula is C17H17BrO3. The molecule has 0 bridgehead atoms. The molecular weight excluding hydrogens is 332 g/mol. The second-order valence-corrected chi connectivity index (χ2v) is 5.91. The molecule has 110 valence electrons. The summed E-state index contributed by atoms with van der Waals surface area (Å²) in [7, 11) is 3.35. The molecule has 0 fully saturated rings. The summed E-state index contributed by atoms with van der Waals surface area (Å²) in [5.74, 6) is 1.66. The van der Waals surface area contributed by atoms with E-state index < -0.39 is 0 Å². The molecule has 0 aliphatic carbocycles. The summed E-state index contributed by atoms with van der Waals surface area (Å²) in [6.45, 7) is 1.41. The quantitative estimate of drug-likeness (QED) is 0.774. The number of alkyl halides is 1. The van der Waals surface area contributed by atoms with Crippen molar-refractivity contribution in [1.29, 1.82) is 0 Å². The fourth-order valence-corrected chi connectivity index (χ4v) is 3.21. The highest BCUT2D eigenvalue weighted by Gasteiger charge is 2.19. The van der Waals surface area contributed by atoms with E-state index >= 15 is 0 Å². The number of benzene rings is 2. The van der Waals surface area contributed by atoms with E-state index in [1.165, 1.54) is 16.7 Å². The van der Waals surface area contributed by atoms with Crippen LogP contribution in [0.5, 0.6) is 11.5 Å². The molecule has 0 radical (unpaired) electrons. The van der Waals surface area contributed by atoms with Gasteiger partial charge in [0.15, 0.2) is 0 Å². The maximum Gasteiger partial charge on any atom is 0.123 e. The van der Waals surface area contributed by atoms with Crippen LogP contribution in [0.4, 0.5) is 0 Å². The highest BCUT2D eigenvalue weighted by molar-refractivity contribution is 9.09. The van der Waals surface area contributed by atoms with Gasteiger partial charge in [0.25, 0.3) is 0 Å². The first-order chi connectivity index (χ1) is 10.2. The molecule has 0 N–H and O–H groups in total. The Hall–Kier alpha value is -1.52. The van der Waals surface area contributed by atoms with Gasteiger partial charge in [-0.1, -0.05) is 34.1 Å². The van der Waals surface area contributed by atoms with Crippen LogP contribution in [0.15, 0.2) is 36.4 Å². The first-order valence-corrected chi connectivity index (χ1v) is 7.70. The largest absolute Gasteiger partial charge is 0.497 e. The number of hydrogen-bond donors (Lipinski definition) is 0. The van der Waals surface area contributed by atoms with Crippen molar-refractivity contribution in [3.05, 3.63) is 58.7 Å². The second-order valence-electron chi connectivity index (χ2n) is 4.99. The van der Waals surface area contributed by atoms with E-state index in [0.717, 1.165) is 17.1 Å². The van der Waals surface area contributed by atoms with Crippen molar-refractivity contribution < 1.29 is 14.2 Å². The lowest BCUT2D eigenvalue weighted by molar-refractivity contribution is 0.134. The fraction of sp³-hybridized carbons (Fsp3) is 0.294. The van der Waals surface area contributed by atoms with Crippen LogP contribution >= 0.6 is 15.9 Å². The SMILES string of the molecule is COc1ccc(OC)c(C(Br)c2ccc3c(c2)COC3)c1. The lowest BCUT2D eigenvalue weighted by Crippen LogP contribution is -1.99. The molecule has 0 saturated heterocycles. The third-order valence-corrected chi connectivity index (χ3v) is 4.77. The van der Waals surface area contributed by atoms with Gasteiger partial charge in [-0.15, -0.1) is 0 Å². The van der Waals surface area contributed by atoms with E-state index in [4.69, 9.17) is 14.2 Å². The van der Waals surface area contributed by atoms with E-state index in [1.807, 2.05) is 18.2 Å². The topological polar surface area (TPSA) is 27.7 Å². The Labute approximate surface area is 133 Å². The van der Waals surface area contributed by atoms with Crippen LogP contribution in [-0.2, 0) is 18.0 Å². The Morgan fingerprint density at radius 1 is 1.00 bits per heavy atom. The first-order valence-electron chi connectivity index (χ1n) is 6.78. The van der Waals surface area contributed by atoms with E-state index in [2.05, 4.69) is 34.1 Å². The Morgan fingerprint density at radius 2 is 1.81 bits per heavy atom. The Morgan fingerprint density at radius 3 is 2.57 bits per heavy atom. The number of hydrogen-bond acceptors (Lipinski definition) is 3. The number of methoxy groups -OCH3 is 2. The van der Waals surface area contributed by atoms with Crippen molar-refractivity contribution in [2.45, 2.75) is 18.0 Å². The summed E-state index contributed by atoms with van der Waals surface area (Å²) in [4.78, 5) is 0.0495. The standard InChI is InChI=1S/C17H17BrO3/c1-19-14-5-6-16(20-2)15(8-14)17(18)11-3-4-12-9-21-10-13(12)7-11/h3-8,17H,9-10H2,1-2H3. The maximum atomic E-state index is 5.48. The van der Waals surface area contributed by atoms with Crippen LogP contribution in [0.25, 0.3) is 0 Å². The average molecular weight is 349 g/mol. The molecule has 1 atom stereocenters. The lowest BCUT2D eigenvalue weighted by atomic mass is 9.99. The van der Waals surface area contributed by atoms with Crippen LogP contribution in [0, 0.1) is 0 Å². The van der Waals surface area contributed by atoms with Crippen LogP contribution in [0.1, 0.15) is 27.1 Å². The molecule has 2 aromatic carbocycles. The van der Waals surface area contributed by atoms with Crippen LogP contribution in [0.3, 0.4) is 0 Å². The molecule has 2 aromatic rings. The van der Waals surface area contributed by atoms with Gasteiger partial charge in [0, 0.05) is 5.56 Å². The van der Waals surface area contributed by atoms with Crippen LogP contribution < -0.4 is 9.47 Å². The van der Waals surface area contributed by atoms with Gasteiger partial charge >= 0.3 is 0 Å². The van der Waals surface area contributed by atoms with E-state index in [1.54, 1.807) is 14.2 Å². The number of rotatable bonds is 4. The predicted octanol–water partition coefficient (Wildman–Crippen LogP) is 4.22. The van der Waals surface area contributed by atoms with Crippen molar-refractivity contribution >= 4 is 15.9 Å². The van der Waals surface area contributed by atoms with Crippen molar-refractivity contribution in [3.63, 3.8) is 0 Å². The van der Waals surface area contributed by atoms with Gasteiger partial charge in [-0.05, 0) is 34.9 Å². The summed E-state index contributed by atoms with van der Waals surface area (Å²) in [6, 6.07) is 12.3. The molecule has 4 heteroatoms. The van der Waals surface area contributed by atoms with E-state index in [0.29, 0.717) is 13.2 Å².